The number of hydrogen-bond donors (Lipinski definition) is 0. The molecule has 1 aliphatic rings. The molecule has 0 aliphatic carbocycles. The molecular formula is C30H33F2NO3. The van der Waals surface area contributed by atoms with Crippen LogP contribution in [0, 0.1) is 17.6 Å². The second kappa shape index (κ2) is 12.6. The molecule has 0 unspecified atom stereocenters. The van der Waals surface area contributed by atoms with Gasteiger partial charge in [-0.05, 0) is 91.4 Å². The molecule has 0 aromatic heterocycles. The molecule has 0 N–H and O–H groups in total. The number of nitrogens with zero attached hydrogens (tertiary/aromatic N) is 1. The van der Waals surface area contributed by atoms with Crippen molar-refractivity contribution < 1.29 is 23.0 Å². The number of carbonyl (C=O) groups excluding carboxylic acids is 1. The van der Waals surface area contributed by atoms with Crippen LogP contribution in [0.5, 0.6) is 11.5 Å². The Morgan fingerprint density at radius 2 is 1.53 bits per heavy atom. The minimum absolute atomic E-state index is 0.117. The number of aldehydes is 1. The molecule has 1 fully saturated rings. The number of piperidine rings is 1. The maximum Gasteiger partial charge on any atom is 0.161 e. The van der Waals surface area contributed by atoms with Crippen LogP contribution in [0.25, 0.3) is 0 Å². The highest BCUT2D eigenvalue weighted by Crippen LogP contribution is 2.38. The van der Waals surface area contributed by atoms with E-state index < -0.39 is 0 Å². The summed E-state index contributed by atoms with van der Waals surface area (Å²) in [6.45, 7) is 3.48. The lowest BCUT2D eigenvalue weighted by Gasteiger charge is -2.36. The number of likely N-dealkylation sites (tertiary alicyclic amines) is 1. The molecule has 190 valence electrons. The van der Waals surface area contributed by atoms with Gasteiger partial charge in [-0.1, -0.05) is 30.3 Å². The van der Waals surface area contributed by atoms with Crippen LogP contribution >= 0.6 is 0 Å². The van der Waals surface area contributed by atoms with Crippen LogP contribution in [0.1, 0.15) is 41.9 Å². The number of halogens is 2. The van der Waals surface area contributed by atoms with Gasteiger partial charge in [0.05, 0.1) is 13.7 Å². The van der Waals surface area contributed by atoms with Crippen molar-refractivity contribution in [3.8, 4) is 11.5 Å². The van der Waals surface area contributed by atoms with Crippen LogP contribution in [0.15, 0.2) is 66.7 Å². The molecule has 0 amide bonds. The molecule has 0 atom stereocenters. The van der Waals surface area contributed by atoms with Gasteiger partial charge in [-0.2, -0.15) is 0 Å². The lowest BCUT2D eigenvalue weighted by atomic mass is 9.76. The largest absolute Gasteiger partial charge is 0.493 e. The number of methoxy groups -OCH3 is 1. The van der Waals surface area contributed by atoms with Gasteiger partial charge in [-0.25, -0.2) is 8.78 Å². The summed E-state index contributed by atoms with van der Waals surface area (Å²) in [5.41, 5.74) is 3.04. The lowest BCUT2D eigenvalue weighted by molar-refractivity contribution is -0.107. The zero-order valence-electron chi connectivity index (χ0n) is 20.7. The summed E-state index contributed by atoms with van der Waals surface area (Å²) in [5, 5.41) is 0. The predicted molar refractivity (Wildman–Crippen MR) is 137 cm³/mol. The van der Waals surface area contributed by atoms with Crippen LogP contribution in [-0.4, -0.2) is 44.5 Å². The molecule has 4 nitrogen and oxygen atoms in total. The van der Waals surface area contributed by atoms with Gasteiger partial charge in [0.15, 0.2) is 11.5 Å². The van der Waals surface area contributed by atoms with E-state index in [2.05, 4.69) is 4.90 Å². The van der Waals surface area contributed by atoms with Gasteiger partial charge >= 0.3 is 0 Å². The summed E-state index contributed by atoms with van der Waals surface area (Å²) >= 11 is 0. The van der Waals surface area contributed by atoms with Gasteiger partial charge in [-0.3, -0.25) is 0 Å². The standard InChI is InChI=1S/C30H33F2NO3/c1-35-29-21-22(15-19-34)3-12-28(29)36-20-2-16-33-17-13-25(14-18-33)30(23-4-8-26(31)9-5-23)24-6-10-27(32)11-7-24/h3-12,19,21,25,30H,2,13-18,20H2,1H3. The van der Waals surface area contributed by atoms with E-state index in [0.29, 0.717) is 30.4 Å². The fourth-order valence-electron chi connectivity index (χ4n) is 5.11. The molecular weight excluding hydrogens is 460 g/mol. The lowest BCUT2D eigenvalue weighted by Crippen LogP contribution is -2.36. The Labute approximate surface area is 211 Å². The second-order valence-corrected chi connectivity index (χ2v) is 9.32. The average Bonchev–Trinajstić information content (AvgIpc) is 2.90. The molecule has 0 radical (unpaired) electrons. The van der Waals surface area contributed by atoms with Crippen molar-refractivity contribution in [3.05, 3.63) is 95.1 Å². The summed E-state index contributed by atoms with van der Waals surface area (Å²) in [7, 11) is 1.60. The number of carbonyl (C=O) groups is 1. The van der Waals surface area contributed by atoms with Gasteiger partial charge < -0.3 is 19.2 Å². The highest BCUT2D eigenvalue weighted by atomic mass is 19.1. The first-order valence-corrected chi connectivity index (χ1v) is 12.5. The van der Waals surface area contributed by atoms with Crippen LogP contribution < -0.4 is 9.47 Å². The summed E-state index contributed by atoms with van der Waals surface area (Å²) < 4.78 is 38.5. The van der Waals surface area contributed by atoms with Crippen LogP contribution in [0.4, 0.5) is 8.78 Å². The fourth-order valence-corrected chi connectivity index (χ4v) is 5.11. The third kappa shape index (κ3) is 6.70. The van der Waals surface area contributed by atoms with Crippen LogP contribution in [0.3, 0.4) is 0 Å². The first kappa shape index (κ1) is 25.8. The summed E-state index contributed by atoms with van der Waals surface area (Å²) in [5.74, 6) is 1.36. The van der Waals surface area contributed by atoms with Crippen molar-refractivity contribution in [3.63, 3.8) is 0 Å². The molecule has 36 heavy (non-hydrogen) atoms. The Morgan fingerprint density at radius 1 is 0.917 bits per heavy atom. The Bertz CT molecular complexity index is 1060. The van der Waals surface area contributed by atoms with Gasteiger partial charge in [-0.15, -0.1) is 0 Å². The number of benzene rings is 3. The predicted octanol–water partition coefficient (Wildman–Crippen LogP) is 6.03. The Morgan fingerprint density at radius 3 is 2.08 bits per heavy atom. The van der Waals surface area contributed by atoms with Gasteiger partial charge in [0.25, 0.3) is 0 Å². The summed E-state index contributed by atoms with van der Waals surface area (Å²) in [4.78, 5) is 13.2. The normalized spacial score (nSPS) is 14.7. The number of ether oxygens (including phenoxy) is 2. The zero-order valence-corrected chi connectivity index (χ0v) is 20.7. The van der Waals surface area contributed by atoms with E-state index in [1.807, 2.05) is 42.5 Å². The topological polar surface area (TPSA) is 38.8 Å². The van der Waals surface area contributed by atoms with E-state index in [0.717, 1.165) is 61.9 Å². The van der Waals surface area contributed by atoms with E-state index in [4.69, 9.17) is 9.47 Å². The highest BCUT2D eigenvalue weighted by molar-refractivity contribution is 5.56. The number of hydrogen-bond acceptors (Lipinski definition) is 4. The van der Waals surface area contributed by atoms with E-state index in [-0.39, 0.29) is 17.6 Å². The molecule has 4 rings (SSSR count). The van der Waals surface area contributed by atoms with Crippen LogP contribution in [-0.2, 0) is 11.2 Å². The number of rotatable bonds is 11. The monoisotopic (exact) mass is 493 g/mol. The Hall–Kier alpha value is -3.25. The van der Waals surface area contributed by atoms with Gasteiger partial charge in [0.2, 0.25) is 0 Å². The minimum atomic E-state index is -0.247. The zero-order chi connectivity index (χ0) is 25.3. The Balaban J connectivity index is 1.30. The third-order valence-electron chi connectivity index (χ3n) is 6.99. The molecule has 1 heterocycles. The van der Waals surface area contributed by atoms with Gasteiger partial charge in [0, 0.05) is 18.9 Å². The van der Waals surface area contributed by atoms with E-state index in [9.17, 15) is 13.6 Å². The Kier molecular flexibility index (Phi) is 9.06. The first-order chi connectivity index (χ1) is 17.6. The van der Waals surface area contributed by atoms with Gasteiger partial charge in [0.1, 0.15) is 17.9 Å². The molecule has 6 heteroatoms. The van der Waals surface area contributed by atoms with Crippen molar-refractivity contribution >= 4 is 6.29 Å². The summed E-state index contributed by atoms with van der Waals surface area (Å²) in [6.07, 6.45) is 4.16. The molecule has 3 aromatic rings. The molecule has 3 aromatic carbocycles. The maximum atomic E-state index is 13.6. The second-order valence-electron chi connectivity index (χ2n) is 9.32. The molecule has 0 saturated carbocycles. The molecule has 0 bridgehead atoms. The minimum Gasteiger partial charge on any atom is -0.493 e. The first-order valence-electron chi connectivity index (χ1n) is 12.5. The van der Waals surface area contributed by atoms with E-state index in [1.54, 1.807) is 7.11 Å². The summed E-state index contributed by atoms with van der Waals surface area (Å²) in [6, 6.07) is 19.0. The quantitative estimate of drug-likeness (QED) is 0.242. The van der Waals surface area contributed by atoms with E-state index in [1.165, 1.54) is 24.3 Å². The van der Waals surface area contributed by atoms with Crippen molar-refractivity contribution in [1.82, 2.24) is 4.90 Å². The van der Waals surface area contributed by atoms with E-state index >= 15 is 0 Å². The molecule has 1 aliphatic heterocycles. The van der Waals surface area contributed by atoms with Crippen molar-refractivity contribution in [2.45, 2.75) is 31.6 Å². The smallest absolute Gasteiger partial charge is 0.161 e. The average molecular weight is 494 g/mol. The fraction of sp³-hybridized carbons (Fsp3) is 0.367. The van der Waals surface area contributed by atoms with Crippen molar-refractivity contribution in [1.29, 1.82) is 0 Å². The SMILES string of the molecule is COc1cc(CC=O)ccc1OCCCN1CCC(C(c2ccc(F)cc2)c2ccc(F)cc2)CC1. The van der Waals surface area contributed by atoms with Crippen molar-refractivity contribution in [2.75, 3.05) is 33.4 Å². The maximum absolute atomic E-state index is 13.6. The van der Waals surface area contributed by atoms with Crippen LogP contribution in [0.2, 0.25) is 0 Å². The third-order valence-corrected chi connectivity index (χ3v) is 6.99. The highest BCUT2D eigenvalue weighted by Gasteiger charge is 2.29. The molecule has 0 spiro atoms. The molecule has 1 saturated heterocycles. The van der Waals surface area contributed by atoms with Crippen molar-refractivity contribution in [2.24, 2.45) is 5.92 Å².